The van der Waals surface area contributed by atoms with Crippen molar-refractivity contribution >= 4 is 33.1 Å². The van der Waals surface area contributed by atoms with Gasteiger partial charge in [-0.3, -0.25) is 14.9 Å². The van der Waals surface area contributed by atoms with Gasteiger partial charge in [0.15, 0.2) is 0 Å². The van der Waals surface area contributed by atoms with E-state index >= 15 is 0 Å². The van der Waals surface area contributed by atoms with Crippen LogP contribution in [0.15, 0.2) is 12.3 Å². The molecule has 2 fully saturated rings. The van der Waals surface area contributed by atoms with Crippen LogP contribution in [0.3, 0.4) is 0 Å². The molecule has 3 rings (SSSR count). The third-order valence-electron chi connectivity index (χ3n) is 5.99. The molecule has 1 saturated carbocycles. The smallest absolute Gasteiger partial charge is 0.310 e. The SMILES string of the molecule is CC(C)NC(=O)[C@H]1CC[C@@H](Nc2cc(N3CCN(S(C)(=O)=O)CC3)ncc2[N+](=O)[O-])CC1. The lowest BCUT2D eigenvalue weighted by Crippen LogP contribution is -2.48. The molecule has 0 atom stereocenters. The number of anilines is 2. The summed E-state index contributed by atoms with van der Waals surface area (Å²) < 4.78 is 24.9. The Bertz CT molecular complexity index is 938. The predicted octanol–water partition coefficient (Wildman–Crippen LogP) is 1.57. The summed E-state index contributed by atoms with van der Waals surface area (Å²) in [6, 6.07) is 1.82. The number of hydrogen-bond donors (Lipinski definition) is 2. The van der Waals surface area contributed by atoms with E-state index in [2.05, 4.69) is 15.6 Å². The summed E-state index contributed by atoms with van der Waals surface area (Å²) in [6.45, 7) is 5.50. The van der Waals surface area contributed by atoms with Crippen LogP contribution >= 0.6 is 0 Å². The molecule has 1 aromatic heterocycles. The Balaban J connectivity index is 1.66. The molecule has 0 unspecified atom stereocenters. The summed E-state index contributed by atoms with van der Waals surface area (Å²) >= 11 is 0. The van der Waals surface area contributed by atoms with E-state index in [4.69, 9.17) is 0 Å². The Morgan fingerprint density at radius 2 is 1.81 bits per heavy atom. The summed E-state index contributed by atoms with van der Waals surface area (Å²) in [4.78, 5) is 29.5. The molecular weight excluding hydrogens is 436 g/mol. The number of nitro groups is 1. The molecule has 12 heteroatoms. The van der Waals surface area contributed by atoms with Crippen molar-refractivity contribution in [1.82, 2.24) is 14.6 Å². The highest BCUT2D eigenvalue weighted by Crippen LogP contribution is 2.32. The zero-order valence-electron chi connectivity index (χ0n) is 18.8. The molecule has 1 aliphatic carbocycles. The number of carbonyl (C=O) groups excluding carboxylic acids is 1. The lowest BCUT2D eigenvalue weighted by Gasteiger charge is -2.34. The Morgan fingerprint density at radius 1 is 1.19 bits per heavy atom. The molecule has 1 aromatic rings. The van der Waals surface area contributed by atoms with Gasteiger partial charge in [0.05, 0.1) is 11.2 Å². The van der Waals surface area contributed by atoms with Crippen molar-refractivity contribution in [2.75, 3.05) is 42.7 Å². The van der Waals surface area contributed by atoms with Gasteiger partial charge in [-0.25, -0.2) is 13.4 Å². The number of piperazine rings is 1. The van der Waals surface area contributed by atoms with E-state index in [1.807, 2.05) is 18.7 Å². The zero-order valence-corrected chi connectivity index (χ0v) is 19.6. The molecule has 1 aliphatic heterocycles. The van der Waals surface area contributed by atoms with Crippen molar-refractivity contribution < 1.29 is 18.1 Å². The molecule has 0 aromatic carbocycles. The fraction of sp³-hybridized carbons (Fsp3) is 0.700. The third-order valence-corrected chi connectivity index (χ3v) is 7.29. The van der Waals surface area contributed by atoms with Crippen LogP contribution in [0.2, 0.25) is 0 Å². The van der Waals surface area contributed by atoms with Crippen LogP contribution in [-0.2, 0) is 14.8 Å². The summed E-state index contributed by atoms with van der Waals surface area (Å²) in [5.74, 6) is 0.629. The molecule has 1 amide bonds. The van der Waals surface area contributed by atoms with E-state index in [-0.39, 0.29) is 29.6 Å². The van der Waals surface area contributed by atoms with Gasteiger partial charge < -0.3 is 15.5 Å². The van der Waals surface area contributed by atoms with Crippen molar-refractivity contribution in [2.45, 2.75) is 51.6 Å². The molecule has 0 bridgehead atoms. The number of amides is 1. The first-order valence-corrected chi connectivity index (χ1v) is 12.8. The fourth-order valence-corrected chi connectivity index (χ4v) is 5.07. The molecular formula is C20H32N6O5S. The highest BCUT2D eigenvalue weighted by molar-refractivity contribution is 7.88. The van der Waals surface area contributed by atoms with Crippen LogP contribution in [0.25, 0.3) is 0 Å². The molecule has 178 valence electrons. The minimum atomic E-state index is -3.24. The molecule has 0 radical (unpaired) electrons. The largest absolute Gasteiger partial charge is 0.377 e. The van der Waals surface area contributed by atoms with Gasteiger partial charge in [0.2, 0.25) is 15.9 Å². The average molecular weight is 469 g/mol. The molecule has 1 saturated heterocycles. The van der Waals surface area contributed by atoms with Crippen molar-refractivity contribution in [3.05, 3.63) is 22.4 Å². The second kappa shape index (κ2) is 9.99. The number of nitrogens with zero attached hydrogens (tertiary/aromatic N) is 4. The van der Waals surface area contributed by atoms with Gasteiger partial charge in [0, 0.05) is 50.2 Å². The molecule has 11 nitrogen and oxygen atoms in total. The minimum absolute atomic E-state index is 0.0235. The van der Waals surface area contributed by atoms with E-state index in [9.17, 15) is 23.3 Å². The lowest BCUT2D eigenvalue weighted by molar-refractivity contribution is -0.384. The van der Waals surface area contributed by atoms with E-state index in [1.54, 1.807) is 6.07 Å². The summed E-state index contributed by atoms with van der Waals surface area (Å²) in [5, 5.41) is 17.8. The highest BCUT2D eigenvalue weighted by atomic mass is 32.2. The molecule has 2 heterocycles. The maximum atomic E-state index is 12.2. The second-order valence-electron chi connectivity index (χ2n) is 8.82. The van der Waals surface area contributed by atoms with Crippen molar-refractivity contribution in [3.63, 3.8) is 0 Å². The number of aromatic nitrogens is 1. The summed E-state index contributed by atoms with van der Waals surface area (Å²) in [5.41, 5.74) is 0.309. The van der Waals surface area contributed by atoms with Crippen LogP contribution < -0.4 is 15.5 Å². The first kappa shape index (κ1) is 24.2. The topological polar surface area (TPSA) is 138 Å². The van der Waals surface area contributed by atoms with Crippen LogP contribution in [0.1, 0.15) is 39.5 Å². The van der Waals surface area contributed by atoms with E-state index in [0.29, 0.717) is 37.7 Å². The van der Waals surface area contributed by atoms with Crippen LogP contribution in [0.4, 0.5) is 17.2 Å². The number of nitrogens with one attached hydrogen (secondary N) is 2. The predicted molar refractivity (Wildman–Crippen MR) is 122 cm³/mol. The lowest BCUT2D eigenvalue weighted by atomic mass is 9.85. The molecule has 32 heavy (non-hydrogen) atoms. The van der Waals surface area contributed by atoms with Gasteiger partial charge in [-0.1, -0.05) is 0 Å². The maximum Gasteiger partial charge on any atom is 0.310 e. The molecule has 2 N–H and O–H groups in total. The fourth-order valence-electron chi connectivity index (χ4n) is 4.24. The Labute approximate surface area is 188 Å². The van der Waals surface area contributed by atoms with Crippen molar-refractivity contribution in [3.8, 4) is 0 Å². The van der Waals surface area contributed by atoms with Gasteiger partial charge in [0.1, 0.15) is 17.7 Å². The van der Waals surface area contributed by atoms with E-state index in [1.165, 1.54) is 16.8 Å². The summed E-state index contributed by atoms with van der Waals surface area (Å²) in [7, 11) is -3.24. The van der Waals surface area contributed by atoms with Gasteiger partial charge in [-0.2, -0.15) is 4.31 Å². The number of hydrogen-bond acceptors (Lipinski definition) is 8. The second-order valence-corrected chi connectivity index (χ2v) is 10.8. The van der Waals surface area contributed by atoms with Gasteiger partial charge in [-0.05, 0) is 39.5 Å². The first-order chi connectivity index (χ1) is 15.0. The number of pyridine rings is 1. The van der Waals surface area contributed by atoms with Crippen molar-refractivity contribution in [1.29, 1.82) is 0 Å². The van der Waals surface area contributed by atoms with Gasteiger partial charge >= 0.3 is 5.69 Å². The van der Waals surface area contributed by atoms with Crippen LogP contribution in [0.5, 0.6) is 0 Å². The molecule has 0 spiro atoms. The van der Waals surface area contributed by atoms with E-state index in [0.717, 1.165) is 25.7 Å². The maximum absolute atomic E-state index is 12.2. The Morgan fingerprint density at radius 3 is 2.34 bits per heavy atom. The van der Waals surface area contributed by atoms with Gasteiger partial charge in [0.25, 0.3) is 0 Å². The molecule has 2 aliphatic rings. The van der Waals surface area contributed by atoms with Gasteiger partial charge in [-0.15, -0.1) is 0 Å². The monoisotopic (exact) mass is 468 g/mol. The van der Waals surface area contributed by atoms with E-state index < -0.39 is 14.9 Å². The first-order valence-electron chi connectivity index (χ1n) is 11.0. The van der Waals surface area contributed by atoms with Crippen molar-refractivity contribution in [2.24, 2.45) is 5.92 Å². The standard InChI is InChI=1S/C20H32N6O5S/c1-14(2)22-20(27)15-4-6-16(7-5-15)23-17-12-19(21-13-18(17)26(28)29)24-8-10-25(11-9-24)32(3,30)31/h12-16H,4-11H2,1-3H3,(H,21,23)(H,22,27)/t15-,16+. The average Bonchev–Trinajstić information content (AvgIpc) is 2.73. The normalized spacial score (nSPS) is 22.6. The highest BCUT2D eigenvalue weighted by Gasteiger charge is 2.29. The van der Waals surface area contributed by atoms with Crippen LogP contribution in [-0.4, -0.2) is 73.1 Å². The number of carbonyl (C=O) groups is 1. The number of sulfonamides is 1. The van der Waals surface area contributed by atoms with Crippen LogP contribution in [0, 0.1) is 16.0 Å². The summed E-state index contributed by atoms with van der Waals surface area (Å²) in [6.07, 6.45) is 5.40. The minimum Gasteiger partial charge on any atom is -0.377 e. The quantitative estimate of drug-likeness (QED) is 0.454. The Kier molecular flexibility index (Phi) is 7.55. The number of rotatable bonds is 7. The zero-order chi connectivity index (χ0) is 23.5. The third kappa shape index (κ3) is 6.06. The Hall–Kier alpha value is -2.47.